The first-order valence-corrected chi connectivity index (χ1v) is 6.47. The van der Waals surface area contributed by atoms with E-state index >= 15 is 0 Å². The van der Waals surface area contributed by atoms with Crippen LogP contribution in [0.4, 0.5) is 0 Å². The van der Waals surface area contributed by atoms with E-state index in [0.29, 0.717) is 13.0 Å². The van der Waals surface area contributed by atoms with Crippen molar-refractivity contribution in [3.05, 3.63) is 45.9 Å². The normalized spacial score (nSPS) is 10.3. The number of thiazole rings is 1. The van der Waals surface area contributed by atoms with Gasteiger partial charge in [-0.25, -0.2) is 4.98 Å². The number of aromatic hydroxyl groups is 1. The van der Waals surface area contributed by atoms with Gasteiger partial charge in [-0.05, 0) is 24.6 Å². The summed E-state index contributed by atoms with van der Waals surface area (Å²) in [5.74, 6) is 0.139. The summed E-state index contributed by atoms with van der Waals surface area (Å²) >= 11 is 1.54. The van der Waals surface area contributed by atoms with Crippen molar-refractivity contribution < 1.29 is 9.90 Å². The maximum Gasteiger partial charge on any atom is 0.226 e. The first kappa shape index (κ1) is 12.6. The molecule has 0 spiro atoms. The molecule has 1 amide bonds. The van der Waals surface area contributed by atoms with Crippen LogP contribution in [0, 0.1) is 6.92 Å². The van der Waals surface area contributed by atoms with E-state index in [1.807, 2.05) is 18.4 Å². The molecule has 0 fully saturated rings. The fourth-order valence-corrected chi connectivity index (χ4v) is 2.20. The maximum absolute atomic E-state index is 11.7. The largest absolute Gasteiger partial charge is 0.508 e. The summed E-state index contributed by atoms with van der Waals surface area (Å²) in [6.45, 7) is 2.33. The standard InChI is InChI=1S/C13H14N2O2S/c1-9-15-11(8-18-9)6-13(17)14-7-10-3-2-4-12(16)5-10/h2-5,8,16H,6-7H2,1H3,(H,14,17). The Morgan fingerprint density at radius 3 is 3.00 bits per heavy atom. The van der Waals surface area contributed by atoms with E-state index in [0.717, 1.165) is 16.3 Å². The van der Waals surface area contributed by atoms with Gasteiger partial charge in [0, 0.05) is 11.9 Å². The first-order valence-electron chi connectivity index (χ1n) is 5.59. The highest BCUT2D eigenvalue weighted by Crippen LogP contribution is 2.11. The van der Waals surface area contributed by atoms with Gasteiger partial charge < -0.3 is 10.4 Å². The number of phenolic OH excluding ortho intramolecular Hbond substituents is 1. The number of phenols is 1. The molecule has 1 heterocycles. The number of nitrogens with zero attached hydrogens (tertiary/aromatic N) is 1. The molecule has 0 radical (unpaired) electrons. The van der Waals surface area contributed by atoms with Crippen molar-refractivity contribution >= 4 is 17.2 Å². The number of aromatic nitrogens is 1. The number of benzene rings is 1. The van der Waals surface area contributed by atoms with Gasteiger partial charge in [-0.3, -0.25) is 4.79 Å². The summed E-state index contributed by atoms with van der Waals surface area (Å²) in [4.78, 5) is 15.9. The van der Waals surface area contributed by atoms with Gasteiger partial charge in [-0.1, -0.05) is 12.1 Å². The lowest BCUT2D eigenvalue weighted by Gasteiger charge is -2.04. The number of amides is 1. The van der Waals surface area contributed by atoms with Crippen molar-refractivity contribution in [1.82, 2.24) is 10.3 Å². The minimum absolute atomic E-state index is 0.0661. The van der Waals surface area contributed by atoms with Gasteiger partial charge in [-0.2, -0.15) is 0 Å². The first-order chi connectivity index (χ1) is 8.63. The quantitative estimate of drug-likeness (QED) is 0.886. The van der Waals surface area contributed by atoms with Gasteiger partial charge in [0.2, 0.25) is 5.91 Å². The Morgan fingerprint density at radius 2 is 2.33 bits per heavy atom. The van der Waals surface area contributed by atoms with Crippen molar-refractivity contribution in [3.8, 4) is 5.75 Å². The van der Waals surface area contributed by atoms with Crippen LogP contribution in [0.25, 0.3) is 0 Å². The van der Waals surface area contributed by atoms with E-state index < -0.39 is 0 Å². The number of aryl methyl sites for hydroxylation is 1. The summed E-state index contributed by atoms with van der Waals surface area (Å²) in [6.07, 6.45) is 0.295. The number of carbonyl (C=O) groups excluding carboxylic acids is 1. The molecule has 5 heteroatoms. The Labute approximate surface area is 109 Å². The molecule has 0 aliphatic carbocycles. The third-order valence-corrected chi connectivity index (χ3v) is 3.23. The fourth-order valence-electron chi connectivity index (χ4n) is 1.58. The van der Waals surface area contributed by atoms with Crippen LogP contribution in [0.15, 0.2) is 29.6 Å². The lowest BCUT2D eigenvalue weighted by molar-refractivity contribution is -0.120. The maximum atomic E-state index is 11.7. The Balaban J connectivity index is 1.85. The molecule has 2 N–H and O–H groups in total. The molecule has 1 aromatic heterocycles. The topological polar surface area (TPSA) is 62.2 Å². The molecular weight excluding hydrogens is 248 g/mol. The van der Waals surface area contributed by atoms with Gasteiger partial charge in [-0.15, -0.1) is 11.3 Å². The molecular formula is C13H14N2O2S. The molecule has 0 unspecified atom stereocenters. The van der Waals surface area contributed by atoms with E-state index in [2.05, 4.69) is 10.3 Å². The van der Waals surface area contributed by atoms with E-state index in [4.69, 9.17) is 0 Å². The fraction of sp³-hybridized carbons (Fsp3) is 0.231. The summed E-state index contributed by atoms with van der Waals surface area (Å²) < 4.78 is 0. The highest BCUT2D eigenvalue weighted by atomic mass is 32.1. The highest BCUT2D eigenvalue weighted by molar-refractivity contribution is 7.09. The van der Waals surface area contributed by atoms with Gasteiger partial charge in [0.15, 0.2) is 0 Å². The summed E-state index contributed by atoms with van der Waals surface area (Å²) in [7, 11) is 0. The van der Waals surface area contributed by atoms with Crippen LogP contribution in [-0.2, 0) is 17.8 Å². The molecule has 1 aromatic carbocycles. The van der Waals surface area contributed by atoms with Crippen molar-refractivity contribution in [3.63, 3.8) is 0 Å². The Morgan fingerprint density at radius 1 is 1.50 bits per heavy atom. The monoisotopic (exact) mass is 262 g/mol. The van der Waals surface area contributed by atoms with Crippen LogP contribution in [0.5, 0.6) is 5.75 Å². The second kappa shape index (κ2) is 5.64. The van der Waals surface area contributed by atoms with Gasteiger partial charge in [0.25, 0.3) is 0 Å². The molecule has 18 heavy (non-hydrogen) atoms. The number of hydrogen-bond donors (Lipinski definition) is 2. The predicted octanol–water partition coefficient (Wildman–Crippen LogP) is 2.02. The minimum atomic E-state index is -0.0661. The zero-order valence-electron chi connectivity index (χ0n) is 10.0. The molecule has 0 saturated heterocycles. The van der Waals surface area contributed by atoms with Crippen LogP contribution >= 0.6 is 11.3 Å². The van der Waals surface area contributed by atoms with Crippen LogP contribution in [0.1, 0.15) is 16.3 Å². The smallest absolute Gasteiger partial charge is 0.226 e. The molecule has 4 nitrogen and oxygen atoms in total. The van der Waals surface area contributed by atoms with Gasteiger partial charge in [0.1, 0.15) is 5.75 Å². The third-order valence-electron chi connectivity index (χ3n) is 2.41. The van der Waals surface area contributed by atoms with Gasteiger partial charge >= 0.3 is 0 Å². The SMILES string of the molecule is Cc1nc(CC(=O)NCc2cccc(O)c2)cs1. The molecule has 0 aliphatic heterocycles. The van der Waals surface area contributed by atoms with Crippen molar-refractivity contribution in [2.45, 2.75) is 19.9 Å². The van der Waals surface area contributed by atoms with Gasteiger partial charge in [0.05, 0.1) is 17.1 Å². The second-order valence-corrected chi connectivity index (χ2v) is 5.04. The van der Waals surface area contributed by atoms with Crippen molar-refractivity contribution in [2.75, 3.05) is 0 Å². The van der Waals surface area contributed by atoms with Crippen LogP contribution < -0.4 is 5.32 Å². The molecule has 0 aliphatic rings. The molecule has 0 saturated carbocycles. The lowest BCUT2D eigenvalue weighted by atomic mass is 10.2. The van der Waals surface area contributed by atoms with Crippen LogP contribution in [0.3, 0.4) is 0 Å². The number of hydrogen-bond acceptors (Lipinski definition) is 4. The summed E-state index contributed by atoms with van der Waals surface area (Å²) in [6, 6.07) is 6.84. The number of nitrogens with one attached hydrogen (secondary N) is 1. The Bertz CT molecular complexity index is 551. The Hall–Kier alpha value is -1.88. The summed E-state index contributed by atoms with van der Waals surface area (Å²) in [5, 5.41) is 14.9. The second-order valence-electron chi connectivity index (χ2n) is 3.98. The van der Waals surface area contributed by atoms with E-state index in [1.54, 1.807) is 18.2 Å². The molecule has 2 rings (SSSR count). The number of rotatable bonds is 4. The Kier molecular flexibility index (Phi) is 3.94. The third kappa shape index (κ3) is 3.56. The van der Waals surface area contributed by atoms with Crippen molar-refractivity contribution in [1.29, 1.82) is 0 Å². The molecule has 94 valence electrons. The zero-order chi connectivity index (χ0) is 13.0. The van der Waals surface area contributed by atoms with E-state index in [9.17, 15) is 9.90 Å². The predicted molar refractivity (Wildman–Crippen MR) is 70.5 cm³/mol. The summed E-state index contributed by atoms with van der Waals surface area (Å²) in [5.41, 5.74) is 1.67. The number of carbonyl (C=O) groups is 1. The van der Waals surface area contributed by atoms with E-state index in [-0.39, 0.29) is 11.7 Å². The minimum Gasteiger partial charge on any atom is -0.508 e. The molecule has 0 atom stereocenters. The highest BCUT2D eigenvalue weighted by Gasteiger charge is 2.06. The average molecular weight is 262 g/mol. The zero-order valence-corrected chi connectivity index (χ0v) is 10.8. The van der Waals surface area contributed by atoms with Crippen LogP contribution in [0.2, 0.25) is 0 Å². The lowest BCUT2D eigenvalue weighted by Crippen LogP contribution is -2.24. The van der Waals surface area contributed by atoms with Crippen molar-refractivity contribution in [2.24, 2.45) is 0 Å². The molecule has 0 bridgehead atoms. The molecule has 2 aromatic rings. The van der Waals surface area contributed by atoms with E-state index in [1.165, 1.54) is 11.3 Å². The average Bonchev–Trinajstić information content (AvgIpc) is 2.72. The van der Waals surface area contributed by atoms with Crippen LogP contribution in [-0.4, -0.2) is 16.0 Å².